The van der Waals surface area contributed by atoms with Crippen molar-refractivity contribution in [2.24, 2.45) is 0 Å². The Bertz CT molecular complexity index is 1320. The third-order valence-corrected chi connectivity index (χ3v) is 5.03. The fourth-order valence-electron chi connectivity index (χ4n) is 3.46. The number of aromatic nitrogens is 1. The second kappa shape index (κ2) is 10.0. The normalized spacial score (nSPS) is 11.4. The maximum Gasteiger partial charge on any atom is 0.417 e. The molecule has 0 aliphatic heterocycles. The zero-order valence-electron chi connectivity index (χ0n) is 17.1. The molecule has 34 heavy (non-hydrogen) atoms. The van der Waals surface area contributed by atoms with E-state index in [4.69, 9.17) is 9.52 Å². The van der Waals surface area contributed by atoms with Crippen LogP contribution in [0.1, 0.15) is 25.0 Å². The lowest BCUT2D eigenvalue weighted by Crippen LogP contribution is -2.17. The molecule has 0 spiro atoms. The minimum atomic E-state index is -4.71. The molecule has 0 aliphatic carbocycles. The van der Waals surface area contributed by atoms with E-state index >= 15 is 0 Å². The summed E-state index contributed by atoms with van der Waals surface area (Å²) in [6, 6.07) is 13.9. The van der Waals surface area contributed by atoms with Gasteiger partial charge in [-0.3, -0.25) is 4.79 Å². The Kier molecular flexibility index (Phi) is 7.36. The third-order valence-electron chi connectivity index (χ3n) is 5.03. The lowest BCUT2D eigenvalue weighted by atomic mass is 9.96. The molecule has 3 aromatic carbocycles. The minimum absolute atomic E-state index is 0. The number of halogens is 4. The Balaban J connectivity index is 0.00000324. The summed E-state index contributed by atoms with van der Waals surface area (Å²) in [6.07, 6.45) is -4.73. The van der Waals surface area contributed by atoms with Crippen molar-refractivity contribution in [1.29, 1.82) is 0 Å². The second-order valence-electron chi connectivity index (χ2n) is 7.38. The molecule has 1 heterocycles. The number of nitrogens with one attached hydrogen (secondary N) is 1. The number of benzene rings is 3. The predicted octanol–water partition coefficient (Wildman–Crippen LogP) is 6.52. The van der Waals surface area contributed by atoms with E-state index in [1.807, 2.05) is 0 Å². The van der Waals surface area contributed by atoms with E-state index in [1.54, 1.807) is 18.2 Å². The number of aliphatic carboxylic acids is 1. The van der Waals surface area contributed by atoms with E-state index < -0.39 is 23.5 Å². The van der Waals surface area contributed by atoms with Crippen LogP contribution in [0.25, 0.3) is 33.7 Å². The first-order chi connectivity index (χ1) is 15.7. The Morgan fingerprint density at radius 2 is 1.79 bits per heavy atom. The first-order valence-electron chi connectivity index (χ1n) is 10.0. The van der Waals surface area contributed by atoms with Crippen LogP contribution in [0.2, 0.25) is 0 Å². The molecule has 0 unspecified atom stereocenters. The highest BCUT2D eigenvalue weighted by atomic mass is 19.4. The highest BCUT2D eigenvalue weighted by molar-refractivity contribution is 5.78. The fraction of sp³-hybridized carbons (Fsp3) is 0.200. The smallest absolute Gasteiger partial charge is 0.417 e. The van der Waals surface area contributed by atoms with E-state index in [1.165, 1.54) is 30.3 Å². The molecule has 0 amide bonds. The average molecular weight is 474 g/mol. The number of rotatable bonds is 7. The summed E-state index contributed by atoms with van der Waals surface area (Å²) in [6.45, 7) is 0.701. The van der Waals surface area contributed by atoms with Gasteiger partial charge in [-0.15, -0.1) is 0 Å². The van der Waals surface area contributed by atoms with Crippen molar-refractivity contribution in [3.63, 3.8) is 0 Å². The van der Waals surface area contributed by atoms with Crippen LogP contribution in [0.4, 0.5) is 17.6 Å². The van der Waals surface area contributed by atoms with Crippen LogP contribution in [-0.4, -0.2) is 22.6 Å². The zero-order valence-corrected chi connectivity index (χ0v) is 17.1. The van der Waals surface area contributed by atoms with E-state index in [-0.39, 0.29) is 36.4 Å². The molecule has 0 atom stereocenters. The Morgan fingerprint density at radius 1 is 1.03 bits per heavy atom. The molecule has 0 saturated heterocycles. The SMILES string of the molecule is C.O=C(O)CCNCc1ccc2oc(-c3ccc(-c4ccccc4F)c(C(F)(F)F)c3)nc2c1. The number of carboxylic acids is 1. The fourth-order valence-corrected chi connectivity index (χ4v) is 3.46. The minimum Gasteiger partial charge on any atom is -0.481 e. The molecule has 5 nitrogen and oxygen atoms in total. The van der Waals surface area contributed by atoms with Gasteiger partial charge in [0.15, 0.2) is 5.58 Å². The van der Waals surface area contributed by atoms with Gasteiger partial charge in [-0.05, 0) is 41.5 Å². The van der Waals surface area contributed by atoms with Crippen molar-refractivity contribution in [2.45, 2.75) is 26.6 Å². The van der Waals surface area contributed by atoms with E-state index in [2.05, 4.69) is 10.3 Å². The monoisotopic (exact) mass is 474 g/mol. The van der Waals surface area contributed by atoms with Gasteiger partial charge in [-0.2, -0.15) is 13.2 Å². The maximum absolute atomic E-state index is 14.2. The van der Waals surface area contributed by atoms with Crippen molar-refractivity contribution in [3.8, 4) is 22.6 Å². The van der Waals surface area contributed by atoms with Gasteiger partial charge < -0.3 is 14.8 Å². The highest BCUT2D eigenvalue weighted by Crippen LogP contribution is 2.40. The molecule has 0 fully saturated rings. The molecule has 4 rings (SSSR count). The van der Waals surface area contributed by atoms with Crippen LogP contribution in [0, 0.1) is 5.82 Å². The summed E-state index contributed by atoms with van der Waals surface area (Å²) in [5.74, 6) is -1.65. The molecule has 0 saturated carbocycles. The number of fused-ring (bicyclic) bond motifs is 1. The molecular formula is C25H22F4N2O3. The van der Waals surface area contributed by atoms with Gasteiger partial charge in [0.2, 0.25) is 5.89 Å². The van der Waals surface area contributed by atoms with Crippen LogP contribution in [-0.2, 0) is 17.5 Å². The predicted molar refractivity (Wildman–Crippen MR) is 121 cm³/mol. The lowest BCUT2D eigenvalue weighted by molar-refractivity contribution is -0.137. The number of nitrogens with zero attached hydrogens (tertiary/aromatic N) is 1. The van der Waals surface area contributed by atoms with E-state index in [0.29, 0.717) is 24.2 Å². The first-order valence-corrected chi connectivity index (χ1v) is 10.0. The second-order valence-corrected chi connectivity index (χ2v) is 7.38. The summed E-state index contributed by atoms with van der Waals surface area (Å²) >= 11 is 0. The summed E-state index contributed by atoms with van der Waals surface area (Å²) in [5.41, 5.74) is 0.374. The molecule has 0 bridgehead atoms. The van der Waals surface area contributed by atoms with Crippen molar-refractivity contribution in [2.75, 3.05) is 6.54 Å². The van der Waals surface area contributed by atoms with Gasteiger partial charge in [-0.25, -0.2) is 9.37 Å². The van der Waals surface area contributed by atoms with Gasteiger partial charge in [0.25, 0.3) is 0 Å². The Morgan fingerprint density at radius 3 is 2.50 bits per heavy atom. The van der Waals surface area contributed by atoms with Crippen LogP contribution in [0.3, 0.4) is 0 Å². The first kappa shape index (κ1) is 24.9. The molecule has 1 aromatic heterocycles. The molecule has 0 aliphatic rings. The number of hydrogen-bond acceptors (Lipinski definition) is 4. The largest absolute Gasteiger partial charge is 0.481 e. The molecule has 2 N–H and O–H groups in total. The summed E-state index contributed by atoms with van der Waals surface area (Å²) < 4.78 is 61.2. The van der Waals surface area contributed by atoms with Gasteiger partial charge in [0.05, 0.1) is 12.0 Å². The number of alkyl halides is 3. The number of hydrogen-bond donors (Lipinski definition) is 2. The van der Waals surface area contributed by atoms with Crippen molar-refractivity contribution in [1.82, 2.24) is 10.3 Å². The summed E-state index contributed by atoms with van der Waals surface area (Å²) in [7, 11) is 0. The summed E-state index contributed by atoms with van der Waals surface area (Å²) in [4.78, 5) is 14.9. The molecule has 0 radical (unpaired) electrons. The molecule has 4 aromatic rings. The van der Waals surface area contributed by atoms with Gasteiger partial charge in [-0.1, -0.05) is 37.8 Å². The van der Waals surface area contributed by atoms with Crippen molar-refractivity contribution < 1.29 is 31.9 Å². The number of carboxylic acid groups (broad SMARTS) is 1. The van der Waals surface area contributed by atoms with Crippen LogP contribution < -0.4 is 5.32 Å². The Labute approximate surface area is 193 Å². The topological polar surface area (TPSA) is 75.4 Å². The molecule has 9 heteroatoms. The van der Waals surface area contributed by atoms with Crippen LogP contribution in [0.5, 0.6) is 0 Å². The lowest BCUT2D eigenvalue weighted by Gasteiger charge is -2.14. The van der Waals surface area contributed by atoms with Gasteiger partial charge >= 0.3 is 12.1 Å². The van der Waals surface area contributed by atoms with Crippen molar-refractivity contribution >= 4 is 17.1 Å². The van der Waals surface area contributed by atoms with E-state index in [0.717, 1.165) is 17.7 Å². The molecular weight excluding hydrogens is 452 g/mol. The highest BCUT2D eigenvalue weighted by Gasteiger charge is 2.35. The van der Waals surface area contributed by atoms with Gasteiger partial charge in [0, 0.05) is 24.2 Å². The number of oxazole rings is 1. The van der Waals surface area contributed by atoms with Gasteiger partial charge in [0.1, 0.15) is 11.3 Å². The maximum atomic E-state index is 14.2. The van der Waals surface area contributed by atoms with E-state index in [9.17, 15) is 22.4 Å². The Hall–Kier alpha value is -3.72. The van der Waals surface area contributed by atoms with Crippen molar-refractivity contribution in [3.05, 3.63) is 77.6 Å². The van der Waals surface area contributed by atoms with Crippen LogP contribution in [0.15, 0.2) is 65.1 Å². The molecule has 178 valence electrons. The zero-order chi connectivity index (χ0) is 23.6. The van der Waals surface area contributed by atoms with Crippen LogP contribution >= 0.6 is 0 Å². The number of carbonyl (C=O) groups is 1. The third kappa shape index (κ3) is 5.43. The average Bonchev–Trinajstić information content (AvgIpc) is 3.19. The summed E-state index contributed by atoms with van der Waals surface area (Å²) in [5, 5.41) is 11.7. The quantitative estimate of drug-likeness (QED) is 0.236. The standard InChI is InChI=1S/C24H18F4N2O3.CH4/c25-19-4-2-1-3-17(19)16-7-6-15(12-18(16)24(26,27)28)23-30-20-11-14(5-8-21(20)33-23)13-29-10-9-22(31)32;/h1-8,11-12,29H,9-10,13H2,(H,31,32);1H4.